The molecule has 0 bridgehead atoms. The van der Waals surface area contributed by atoms with Crippen molar-refractivity contribution in [3.8, 4) is 0 Å². The Hall–Kier alpha value is -2.63. The number of aliphatic hydroxyl groups excluding tert-OH is 1. The smallest absolute Gasteiger partial charge is 0.299 e. The fourth-order valence-electron chi connectivity index (χ4n) is 4.55. The van der Waals surface area contributed by atoms with E-state index in [1.807, 2.05) is 12.1 Å². The fraction of sp³-hybridized carbons (Fsp3) is 0.500. The van der Waals surface area contributed by atoms with Crippen molar-refractivity contribution in [2.75, 3.05) is 26.7 Å². The zero-order valence-electron chi connectivity index (χ0n) is 21.2. The molecule has 0 radical (unpaired) electrons. The molecule has 2 aromatic carbocycles. The molecule has 3 rings (SSSR count). The zero-order valence-corrected chi connectivity index (χ0v) is 22.0. The fourth-order valence-corrected chi connectivity index (χ4v) is 6.32. The molecule has 1 heterocycles. The lowest BCUT2D eigenvalue weighted by Crippen LogP contribution is -2.53. The molecule has 0 aliphatic carbocycles. The topological polar surface area (TPSA) is 91.2 Å². The van der Waals surface area contributed by atoms with Gasteiger partial charge in [0.25, 0.3) is 12.4 Å². The highest BCUT2D eigenvalue weighted by Crippen LogP contribution is 2.39. The van der Waals surface area contributed by atoms with Crippen LogP contribution in [0, 0.1) is 5.82 Å². The van der Waals surface area contributed by atoms with E-state index in [1.165, 1.54) is 18.2 Å². The lowest BCUT2D eigenvalue weighted by molar-refractivity contribution is 0.0758. The molecule has 2 aromatic rings. The van der Waals surface area contributed by atoms with Gasteiger partial charge < -0.3 is 14.7 Å². The normalized spacial score (nSPS) is 20.6. The van der Waals surface area contributed by atoms with Crippen molar-refractivity contribution < 1.29 is 31.4 Å². The van der Waals surface area contributed by atoms with E-state index in [2.05, 4.69) is 9.71 Å². The molecule has 1 fully saturated rings. The second-order valence-corrected chi connectivity index (χ2v) is 11.5. The van der Waals surface area contributed by atoms with E-state index in [0.717, 1.165) is 5.56 Å². The van der Waals surface area contributed by atoms with Crippen molar-refractivity contribution in [2.45, 2.75) is 56.4 Å². The first kappa shape index (κ1) is 28.9. The Bertz CT molecular complexity index is 1170. The molecular weight excluding hydrogens is 507 g/mol. The van der Waals surface area contributed by atoms with Crippen LogP contribution in [-0.4, -0.2) is 63.2 Å². The minimum absolute atomic E-state index is 0.0821. The quantitative estimate of drug-likeness (QED) is 0.445. The summed E-state index contributed by atoms with van der Waals surface area (Å²) in [6.45, 7) is 3.27. The number of rotatable bonds is 11. The van der Waals surface area contributed by atoms with Gasteiger partial charge in [-0.2, -0.15) is 0 Å². The number of benzene rings is 2. The Balaban J connectivity index is 1.75. The van der Waals surface area contributed by atoms with Crippen molar-refractivity contribution in [3.05, 3.63) is 71.0 Å². The third kappa shape index (κ3) is 7.68. The van der Waals surface area contributed by atoms with E-state index in [-0.39, 0.29) is 31.2 Å². The van der Waals surface area contributed by atoms with Gasteiger partial charge in [-0.1, -0.05) is 42.5 Å². The monoisotopic (exact) mass is 541 g/mol. The predicted molar refractivity (Wildman–Crippen MR) is 137 cm³/mol. The number of amidine groups is 1. The third-order valence-electron chi connectivity index (χ3n) is 6.21. The van der Waals surface area contributed by atoms with Gasteiger partial charge in [0.05, 0.1) is 12.6 Å². The Morgan fingerprint density at radius 2 is 1.84 bits per heavy atom. The highest BCUT2D eigenvalue weighted by molar-refractivity contribution is 7.90. The number of aryl methyl sites for hydroxylation is 1. The number of nitrogens with zero attached hydrogens (tertiary/aromatic N) is 2. The van der Waals surface area contributed by atoms with E-state index >= 15 is 0 Å². The number of alkyl halides is 2. The molecule has 1 aliphatic heterocycles. The number of hydrogen-bond acceptors (Lipinski definition) is 6. The second kappa shape index (κ2) is 12.3. The summed E-state index contributed by atoms with van der Waals surface area (Å²) in [5.74, 6) is -0.512. The van der Waals surface area contributed by atoms with Gasteiger partial charge in [-0.05, 0) is 63.9 Å². The minimum Gasteiger partial charge on any atom is -0.457 e. The van der Waals surface area contributed by atoms with E-state index in [0.29, 0.717) is 24.9 Å². The lowest BCUT2D eigenvalue weighted by Gasteiger charge is -2.39. The Morgan fingerprint density at radius 1 is 1.16 bits per heavy atom. The third-order valence-corrected chi connectivity index (χ3v) is 8.13. The van der Waals surface area contributed by atoms with Crippen molar-refractivity contribution in [3.63, 3.8) is 0 Å². The minimum atomic E-state index is -3.98. The SMILES string of the molecule is CN(CCCc1ccc(C2C(C)(C)OC(=NC(CCO)c3ccccc3F)NS2(=O)=O)cc1)CC(F)F. The number of sulfonamides is 1. The summed E-state index contributed by atoms with van der Waals surface area (Å²) in [4.78, 5) is 5.89. The van der Waals surface area contributed by atoms with Crippen LogP contribution in [0.15, 0.2) is 53.5 Å². The van der Waals surface area contributed by atoms with Crippen LogP contribution in [0.1, 0.15) is 54.7 Å². The standard InChI is InChI=1S/C26H34F3N3O4S/c1-26(2)24(19-12-10-18(11-13-19)7-6-15-32(3)17-23(28)29)37(34,35)31-25(36-26)30-22(14-16-33)20-8-4-5-9-21(20)27/h4-5,8-13,22-24,33H,6-7,14-17H2,1-3H3,(H,30,31). The second-order valence-electron chi connectivity index (χ2n) is 9.71. The Kier molecular flexibility index (Phi) is 9.60. The highest BCUT2D eigenvalue weighted by atomic mass is 32.2. The number of aliphatic imine (C=N–C) groups is 1. The van der Waals surface area contributed by atoms with Crippen LogP contribution in [0.25, 0.3) is 0 Å². The predicted octanol–water partition coefficient (Wildman–Crippen LogP) is 4.20. The first-order chi connectivity index (χ1) is 17.4. The van der Waals surface area contributed by atoms with Gasteiger partial charge in [0, 0.05) is 12.2 Å². The van der Waals surface area contributed by atoms with Crippen molar-refractivity contribution in [2.24, 2.45) is 4.99 Å². The molecule has 11 heteroatoms. The lowest BCUT2D eigenvalue weighted by atomic mass is 9.96. The maximum absolute atomic E-state index is 14.3. The van der Waals surface area contributed by atoms with Gasteiger partial charge in [0.1, 0.15) is 16.7 Å². The van der Waals surface area contributed by atoms with Gasteiger partial charge in [0.15, 0.2) is 0 Å². The number of aliphatic hydroxyl groups is 1. The summed E-state index contributed by atoms with van der Waals surface area (Å²) in [6.07, 6.45) is -0.926. The summed E-state index contributed by atoms with van der Waals surface area (Å²) in [5.41, 5.74) is 0.508. The molecule has 0 aromatic heterocycles. The zero-order chi connectivity index (χ0) is 27.2. The molecule has 0 amide bonds. The number of halogens is 3. The summed E-state index contributed by atoms with van der Waals surface area (Å²) < 4.78 is 74.2. The van der Waals surface area contributed by atoms with Gasteiger partial charge in [-0.15, -0.1) is 0 Å². The van der Waals surface area contributed by atoms with Gasteiger partial charge in [-0.25, -0.2) is 31.3 Å². The van der Waals surface area contributed by atoms with Crippen LogP contribution < -0.4 is 4.72 Å². The Labute approximate surface area is 216 Å². The average molecular weight is 542 g/mol. The van der Waals surface area contributed by atoms with Crippen LogP contribution in [-0.2, 0) is 21.2 Å². The molecule has 1 aliphatic rings. The van der Waals surface area contributed by atoms with Crippen LogP contribution >= 0.6 is 0 Å². The number of ether oxygens (including phenoxy) is 1. The molecule has 37 heavy (non-hydrogen) atoms. The van der Waals surface area contributed by atoms with Gasteiger partial charge >= 0.3 is 0 Å². The molecular formula is C26H34F3N3O4S. The molecule has 204 valence electrons. The van der Waals surface area contributed by atoms with Crippen LogP contribution in [0.2, 0.25) is 0 Å². The molecule has 7 nitrogen and oxygen atoms in total. The molecule has 0 saturated carbocycles. The molecule has 2 atom stereocenters. The van der Waals surface area contributed by atoms with Crippen molar-refractivity contribution >= 4 is 16.0 Å². The number of hydrogen-bond donors (Lipinski definition) is 2. The molecule has 1 saturated heterocycles. The summed E-state index contributed by atoms with van der Waals surface area (Å²) in [7, 11) is -2.33. The summed E-state index contributed by atoms with van der Waals surface area (Å²) >= 11 is 0. The largest absolute Gasteiger partial charge is 0.457 e. The average Bonchev–Trinajstić information content (AvgIpc) is 2.78. The van der Waals surface area contributed by atoms with Crippen molar-refractivity contribution in [1.82, 2.24) is 9.62 Å². The first-order valence-electron chi connectivity index (χ1n) is 12.1. The highest BCUT2D eigenvalue weighted by Gasteiger charge is 2.48. The van der Waals surface area contributed by atoms with Crippen LogP contribution in [0.3, 0.4) is 0 Å². The van der Waals surface area contributed by atoms with E-state index < -0.39 is 39.2 Å². The first-order valence-corrected chi connectivity index (χ1v) is 13.7. The van der Waals surface area contributed by atoms with Crippen LogP contribution in [0.5, 0.6) is 0 Å². The number of nitrogens with one attached hydrogen (secondary N) is 1. The summed E-state index contributed by atoms with van der Waals surface area (Å²) in [5, 5.41) is 8.40. The van der Waals surface area contributed by atoms with E-state index in [1.54, 1.807) is 44.0 Å². The maximum atomic E-state index is 14.3. The molecule has 2 unspecified atom stereocenters. The molecule has 2 N–H and O–H groups in total. The van der Waals surface area contributed by atoms with Crippen LogP contribution in [0.4, 0.5) is 13.2 Å². The van der Waals surface area contributed by atoms with Gasteiger partial charge in [-0.3, -0.25) is 0 Å². The summed E-state index contributed by atoms with van der Waals surface area (Å²) in [6, 6.07) is 12.0. The molecule has 0 spiro atoms. The van der Waals surface area contributed by atoms with Crippen molar-refractivity contribution in [1.29, 1.82) is 0 Å². The van der Waals surface area contributed by atoms with E-state index in [4.69, 9.17) is 4.74 Å². The van der Waals surface area contributed by atoms with Gasteiger partial charge in [0.2, 0.25) is 10.0 Å². The Morgan fingerprint density at radius 3 is 2.43 bits per heavy atom. The maximum Gasteiger partial charge on any atom is 0.299 e. The van der Waals surface area contributed by atoms with E-state index in [9.17, 15) is 26.7 Å².